The number of carbonyl (C=O) groups is 1. The van der Waals surface area contributed by atoms with E-state index >= 15 is 0 Å². The van der Waals surface area contributed by atoms with E-state index in [1.165, 1.54) is 7.11 Å². The molecule has 1 aromatic heterocycles. The molecule has 0 spiro atoms. The molecule has 2 saturated carbocycles. The third-order valence-corrected chi connectivity index (χ3v) is 5.70. The molecule has 3 unspecified atom stereocenters. The number of rotatable bonds is 4. The number of benzene rings is 1. The van der Waals surface area contributed by atoms with Crippen LogP contribution in [0.4, 0.5) is 0 Å². The summed E-state index contributed by atoms with van der Waals surface area (Å²) in [5, 5.41) is 17.7. The minimum Gasteiger partial charge on any atom is -0.469 e. The number of aliphatic hydroxyl groups excluding tert-OH is 1. The molecule has 2 aliphatic rings. The Bertz CT molecular complexity index is 755. The molecule has 2 aliphatic carbocycles. The fraction of sp³-hybridized carbons (Fsp3) is 0.500. The van der Waals surface area contributed by atoms with E-state index in [9.17, 15) is 4.79 Å². The average molecular weight is 327 g/mol. The van der Waals surface area contributed by atoms with Gasteiger partial charge in [0.15, 0.2) is 0 Å². The largest absolute Gasteiger partial charge is 0.469 e. The predicted octanol–water partition coefficient (Wildman–Crippen LogP) is 2.34. The molecule has 126 valence electrons. The molecule has 1 N–H and O–H groups in total. The molecule has 3 atom stereocenters. The summed E-state index contributed by atoms with van der Waals surface area (Å²) >= 11 is 0. The molecule has 0 aliphatic heterocycles. The molecule has 0 amide bonds. The minimum absolute atomic E-state index is 0.0259. The monoisotopic (exact) mass is 327 g/mol. The molecule has 4 rings (SSSR count). The average Bonchev–Trinajstić information content (AvgIpc) is 3.35. The van der Waals surface area contributed by atoms with Crippen LogP contribution in [0.2, 0.25) is 0 Å². The van der Waals surface area contributed by atoms with Gasteiger partial charge in [0, 0.05) is 5.56 Å². The van der Waals surface area contributed by atoms with Gasteiger partial charge in [0.1, 0.15) is 5.69 Å². The lowest BCUT2D eigenvalue weighted by atomic mass is 9.80. The second-order valence-corrected chi connectivity index (χ2v) is 6.95. The van der Waals surface area contributed by atoms with Crippen LogP contribution in [-0.4, -0.2) is 33.2 Å². The molecule has 2 fully saturated rings. The van der Waals surface area contributed by atoms with E-state index in [-0.39, 0.29) is 18.6 Å². The van der Waals surface area contributed by atoms with Gasteiger partial charge in [-0.25, -0.2) is 4.68 Å². The highest BCUT2D eigenvalue weighted by Gasteiger charge is 2.58. The van der Waals surface area contributed by atoms with Crippen LogP contribution in [0.15, 0.2) is 30.5 Å². The first-order valence-corrected chi connectivity index (χ1v) is 8.37. The van der Waals surface area contributed by atoms with E-state index in [1.54, 1.807) is 0 Å². The summed E-state index contributed by atoms with van der Waals surface area (Å²) in [6.07, 6.45) is 5.74. The highest BCUT2D eigenvalue weighted by molar-refractivity contribution is 5.78. The van der Waals surface area contributed by atoms with Gasteiger partial charge >= 0.3 is 5.97 Å². The van der Waals surface area contributed by atoms with Crippen LogP contribution in [0.25, 0.3) is 11.3 Å². The molecule has 2 bridgehead atoms. The van der Waals surface area contributed by atoms with Crippen molar-refractivity contribution in [1.82, 2.24) is 15.0 Å². The first-order chi connectivity index (χ1) is 11.7. The lowest BCUT2D eigenvalue weighted by Gasteiger charge is -2.32. The highest BCUT2D eigenvalue weighted by atomic mass is 16.5. The quantitative estimate of drug-likeness (QED) is 0.872. The molecule has 6 nitrogen and oxygen atoms in total. The summed E-state index contributed by atoms with van der Waals surface area (Å²) in [4.78, 5) is 12.4. The summed E-state index contributed by atoms with van der Waals surface area (Å²) < 4.78 is 6.95. The van der Waals surface area contributed by atoms with Gasteiger partial charge in [-0.15, -0.1) is 5.10 Å². The number of ether oxygens (including phenoxy) is 1. The third-order valence-electron chi connectivity index (χ3n) is 5.70. The molecule has 6 heteroatoms. The van der Waals surface area contributed by atoms with Crippen LogP contribution in [0.5, 0.6) is 0 Å². The fourth-order valence-corrected chi connectivity index (χ4v) is 4.45. The first-order valence-electron chi connectivity index (χ1n) is 8.37. The summed E-state index contributed by atoms with van der Waals surface area (Å²) in [6, 6.07) is 7.64. The van der Waals surface area contributed by atoms with Crippen LogP contribution in [0.3, 0.4) is 0 Å². The number of esters is 1. The lowest BCUT2D eigenvalue weighted by Crippen LogP contribution is -2.37. The Kier molecular flexibility index (Phi) is 3.64. The Balaban J connectivity index is 1.63. The van der Waals surface area contributed by atoms with Gasteiger partial charge in [-0.2, -0.15) is 0 Å². The Morgan fingerprint density at radius 2 is 2.21 bits per heavy atom. The summed E-state index contributed by atoms with van der Waals surface area (Å²) in [7, 11) is 1.47. The SMILES string of the molecule is COC(=O)C12CCC(CC1n1cc(-c3ccc(CO)cc3)nn1)C2. The van der Waals surface area contributed by atoms with Crippen LogP contribution < -0.4 is 0 Å². The van der Waals surface area contributed by atoms with Crippen molar-refractivity contribution in [3.8, 4) is 11.3 Å². The van der Waals surface area contributed by atoms with Crippen LogP contribution in [0.1, 0.15) is 37.3 Å². The first kappa shape index (κ1) is 15.3. The Labute approximate surface area is 140 Å². The van der Waals surface area contributed by atoms with Gasteiger partial charge < -0.3 is 9.84 Å². The van der Waals surface area contributed by atoms with E-state index < -0.39 is 5.41 Å². The van der Waals surface area contributed by atoms with Crippen molar-refractivity contribution in [2.45, 2.75) is 38.3 Å². The van der Waals surface area contributed by atoms with Crippen molar-refractivity contribution in [2.75, 3.05) is 7.11 Å². The van der Waals surface area contributed by atoms with Gasteiger partial charge in [0.2, 0.25) is 0 Å². The topological polar surface area (TPSA) is 77.2 Å². The van der Waals surface area contributed by atoms with Gasteiger partial charge in [-0.1, -0.05) is 29.5 Å². The van der Waals surface area contributed by atoms with E-state index in [1.807, 2.05) is 35.1 Å². The molecule has 24 heavy (non-hydrogen) atoms. The molecule has 1 aromatic carbocycles. The third kappa shape index (κ3) is 2.24. The Morgan fingerprint density at radius 1 is 1.42 bits per heavy atom. The molecular formula is C18H21N3O3. The zero-order chi connectivity index (χ0) is 16.7. The zero-order valence-corrected chi connectivity index (χ0v) is 13.7. The van der Waals surface area contributed by atoms with Crippen LogP contribution in [0, 0.1) is 11.3 Å². The molecule has 0 saturated heterocycles. The number of aliphatic hydroxyl groups is 1. The second kappa shape index (κ2) is 5.70. The standard InChI is InChI=1S/C18H21N3O3/c1-24-17(23)18-7-6-13(9-18)8-16(18)21-10-15(19-20-21)14-4-2-12(11-22)3-5-14/h2-5,10,13,16,22H,6-9,11H2,1H3. The van der Waals surface area contributed by atoms with E-state index in [0.29, 0.717) is 5.92 Å². The second-order valence-electron chi connectivity index (χ2n) is 6.95. The maximum Gasteiger partial charge on any atom is 0.313 e. The summed E-state index contributed by atoms with van der Waals surface area (Å²) in [6.45, 7) is 0.0259. The van der Waals surface area contributed by atoms with E-state index in [4.69, 9.17) is 9.84 Å². The highest BCUT2D eigenvalue weighted by Crippen LogP contribution is 2.60. The maximum absolute atomic E-state index is 12.4. The predicted molar refractivity (Wildman–Crippen MR) is 86.8 cm³/mol. The number of carbonyl (C=O) groups excluding carboxylic acids is 1. The van der Waals surface area contributed by atoms with Crippen molar-refractivity contribution in [2.24, 2.45) is 11.3 Å². The Morgan fingerprint density at radius 3 is 2.88 bits per heavy atom. The fourth-order valence-electron chi connectivity index (χ4n) is 4.45. The summed E-state index contributed by atoms with van der Waals surface area (Å²) in [5.41, 5.74) is 2.16. The molecule has 1 heterocycles. The maximum atomic E-state index is 12.4. The van der Waals surface area contributed by atoms with Gasteiger partial charge in [-0.05, 0) is 37.2 Å². The molecular weight excluding hydrogens is 306 g/mol. The normalized spacial score (nSPS) is 28.2. The number of methoxy groups -OCH3 is 1. The number of fused-ring (bicyclic) bond motifs is 2. The van der Waals surface area contributed by atoms with Gasteiger partial charge in [-0.3, -0.25) is 4.79 Å². The zero-order valence-electron chi connectivity index (χ0n) is 13.7. The number of hydrogen-bond acceptors (Lipinski definition) is 5. The van der Waals surface area contributed by atoms with Crippen molar-refractivity contribution in [3.63, 3.8) is 0 Å². The van der Waals surface area contributed by atoms with E-state index in [0.717, 1.165) is 42.5 Å². The van der Waals surface area contributed by atoms with Crippen LogP contribution in [-0.2, 0) is 16.1 Å². The van der Waals surface area contributed by atoms with Gasteiger partial charge in [0.05, 0.1) is 31.4 Å². The Hall–Kier alpha value is -2.21. The molecule has 0 radical (unpaired) electrons. The van der Waals surface area contributed by atoms with Crippen LogP contribution >= 0.6 is 0 Å². The smallest absolute Gasteiger partial charge is 0.313 e. The minimum atomic E-state index is -0.439. The van der Waals surface area contributed by atoms with Crippen molar-refractivity contribution in [1.29, 1.82) is 0 Å². The van der Waals surface area contributed by atoms with Crippen molar-refractivity contribution < 1.29 is 14.6 Å². The number of aromatic nitrogens is 3. The van der Waals surface area contributed by atoms with E-state index in [2.05, 4.69) is 10.3 Å². The molecule has 2 aromatic rings. The van der Waals surface area contributed by atoms with Gasteiger partial charge in [0.25, 0.3) is 0 Å². The number of nitrogens with zero attached hydrogens (tertiary/aromatic N) is 3. The lowest BCUT2D eigenvalue weighted by molar-refractivity contribution is -0.154. The summed E-state index contributed by atoms with van der Waals surface area (Å²) in [5.74, 6) is 0.461. The van der Waals surface area contributed by atoms with Crippen molar-refractivity contribution in [3.05, 3.63) is 36.0 Å². The van der Waals surface area contributed by atoms with Crippen molar-refractivity contribution >= 4 is 5.97 Å². The number of hydrogen-bond donors (Lipinski definition) is 1.